The minimum Gasteiger partial charge on any atom is -0.353 e. The van der Waals surface area contributed by atoms with Gasteiger partial charge in [0.15, 0.2) is 5.82 Å². The summed E-state index contributed by atoms with van der Waals surface area (Å²) in [4.78, 5) is 14.5. The van der Waals surface area contributed by atoms with E-state index in [1.165, 1.54) is 0 Å². The van der Waals surface area contributed by atoms with Crippen LogP contribution < -0.4 is 4.90 Å². The van der Waals surface area contributed by atoms with E-state index in [1.54, 1.807) is 0 Å². The number of aromatic nitrogens is 2. The lowest BCUT2D eigenvalue weighted by molar-refractivity contribution is 0.312. The predicted octanol–water partition coefficient (Wildman–Crippen LogP) is 3.81. The lowest BCUT2D eigenvalue weighted by Gasteiger charge is -2.34. The van der Waals surface area contributed by atoms with Gasteiger partial charge in [-0.15, -0.1) is 0 Å². The minimum absolute atomic E-state index is 0.791. The zero-order chi connectivity index (χ0) is 16.5. The van der Waals surface area contributed by atoms with E-state index >= 15 is 0 Å². The first-order valence-electron chi connectivity index (χ1n) is 8.17. The Hall–Kier alpha value is -1.98. The average molecular weight is 383 g/mol. The minimum atomic E-state index is 0.791. The number of likely N-dealkylation sites (N-methyl/N-ethyl adjacent to an activating group) is 1. The van der Waals surface area contributed by atoms with Gasteiger partial charge < -0.3 is 9.80 Å². The molecule has 0 unspecified atom stereocenters. The first-order valence-corrected chi connectivity index (χ1v) is 8.96. The maximum absolute atomic E-state index is 4.94. The van der Waals surface area contributed by atoms with E-state index < -0.39 is 0 Å². The van der Waals surface area contributed by atoms with Crippen LogP contribution in [-0.2, 0) is 0 Å². The van der Waals surface area contributed by atoms with Gasteiger partial charge in [-0.25, -0.2) is 9.97 Å². The van der Waals surface area contributed by atoms with Gasteiger partial charge in [0.05, 0.1) is 5.52 Å². The molecule has 0 saturated carbocycles. The van der Waals surface area contributed by atoms with Crippen molar-refractivity contribution >= 4 is 32.7 Å². The van der Waals surface area contributed by atoms with Gasteiger partial charge in [-0.1, -0.05) is 46.3 Å². The number of nitrogens with zero attached hydrogens (tertiary/aromatic N) is 4. The molecule has 1 aromatic heterocycles. The Labute approximate surface area is 150 Å². The number of piperazine rings is 1. The normalized spacial score (nSPS) is 15.8. The maximum atomic E-state index is 4.94. The summed E-state index contributed by atoms with van der Waals surface area (Å²) in [5.41, 5.74) is 2.04. The summed E-state index contributed by atoms with van der Waals surface area (Å²) in [6.07, 6.45) is 0. The van der Waals surface area contributed by atoms with Crippen molar-refractivity contribution in [3.05, 3.63) is 53.0 Å². The number of hydrogen-bond acceptors (Lipinski definition) is 4. The standard InChI is InChI=1S/C19H19BrN4/c1-23-9-11-24(12-10-23)19-16-13-15(20)7-8-17(16)21-18(22-19)14-5-3-2-4-6-14/h2-8,13H,9-12H2,1H3. The molecule has 24 heavy (non-hydrogen) atoms. The maximum Gasteiger partial charge on any atom is 0.162 e. The summed E-state index contributed by atoms with van der Waals surface area (Å²) in [6.45, 7) is 4.09. The Morgan fingerprint density at radius 3 is 2.42 bits per heavy atom. The van der Waals surface area contributed by atoms with Crippen molar-refractivity contribution in [1.29, 1.82) is 0 Å². The molecule has 0 bridgehead atoms. The van der Waals surface area contributed by atoms with Crippen molar-refractivity contribution in [3.63, 3.8) is 0 Å². The highest BCUT2D eigenvalue weighted by Gasteiger charge is 2.19. The molecule has 0 aliphatic carbocycles. The predicted molar refractivity (Wildman–Crippen MR) is 102 cm³/mol. The molecule has 5 heteroatoms. The van der Waals surface area contributed by atoms with Crippen molar-refractivity contribution < 1.29 is 0 Å². The molecular formula is C19H19BrN4. The van der Waals surface area contributed by atoms with Gasteiger partial charge in [-0.3, -0.25) is 0 Å². The van der Waals surface area contributed by atoms with Gasteiger partial charge in [0.25, 0.3) is 0 Å². The molecular weight excluding hydrogens is 364 g/mol. The molecule has 1 fully saturated rings. The van der Waals surface area contributed by atoms with Crippen LogP contribution in [0.3, 0.4) is 0 Å². The molecule has 0 N–H and O–H groups in total. The van der Waals surface area contributed by atoms with Crippen LogP contribution in [0.5, 0.6) is 0 Å². The van der Waals surface area contributed by atoms with E-state index in [1.807, 2.05) is 24.3 Å². The van der Waals surface area contributed by atoms with E-state index in [2.05, 4.69) is 57.0 Å². The van der Waals surface area contributed by atoms with Crippen molar-refractivity contribution in [2.45, 2.75) is 0 Å². The summed E-state index contributed by atoms with van der Waals surface area (Å²) in [5.74, 6) is 1.83. The molecule has 2 heterocycles. The first-order chi connectivity index (χ1) is 11.7. The third kappa shape index (κ3) is 3.01. The number of fused-ring (bicyclic) bond motifs is 1. The highest BCUT2D eigenvalue weighted by molar-refractivity contribution is 9.10. The fraction of sp³-hybridized carbons (Fsp3) is 0.263. The molecule has 4 nitrogen and oxygen atoms in total. The summed E-state index contributed by atoms with van der Waals surface area (Å²) < 4.78 is 1.06. The van der Waals surface area contributed by atoms with Crippen LogP contribution >= 0.6 is 15.9 Å². The molecule has 1 saturated heterocycles. The third-order valence-electron chi connectivity index (χ3n) is 4.47. The fourth-order valence-corrected chi connectivity index (χ4v) is 3.42. The number of hydrogen-bond donors (Lipinski definition) is 0. The molecule has 0 radical (unpaired) electrons. The highest BCUT2D eigenvalue weighted by atomic mass is 79.9. The number of rotatable bonds is 2. The van der Waals surface area contributed by atoms with Crippen LogP contribution in [0.25, 0.3) is 22.3 Å². The van der Waals surface area contributed by atoms with Crippen LogP contribution in [0.1, 0.15) is 0 Å². The highest BCUT2D eigenvalue weighted by Crippen LogP contribution is 2.30. The summed E-state index contributed by atoms with van der Waals surface area (Å²) in [6, 6.07) is 16.4. The quantitative estimate of drug-likeness (QED) is 0.674. The Balaban J connectivity index is 1.87. The van der Waals surface area contributed by atoms with Gasteiger partial charge in [-0.2, -0.15) is 0 Å². The van der Waals surface area contributed by atoms with Crippen LogP contribution in [0.2, 0.25) is 0 Å². The van der Waals surface area contributed by atoms with Gasteiger partial charge in [0.2, 0.25) is 0 Å². The molecule has 4 rings (SSSR count). The monoisotopic (exact) mass is 382 g/mol. The SMILES string of the molecule is CN1CCN(c2nc(-c3ccccc3)nc3ccc(Br)cc23)CC1. The summed E-state index contributed by atoms with van der Waals surface area (Å²) >= 11 is 3.58. The fourth-order valence-electron chi connectivity index (χ4n) is 3.06. The van der Waals surface area contributed by atoms with Gasteiger partial charge in [0.1, 0.15) is 5.82 Å². The number of halogens is 1. The van der Waals surface area contributed by atoms with Crippen molar-refractivity contribution in [3.8, 4) is 11.4 Å². The van der Waals surface area contributed by atoms with Gasteiger partial charge in [0, 0.05) is 41.6 Å². The topological polar surface area (TPSA) is 32.3 Å². The molecule has 3 aromatic rings. The Morgan fingerprint density at radius 2 is 1.67 bits per heavy atom. The van der Waals surface area contributed by atoms with E-state index in [-0.39, 0.29) is 0 Å². The molecule has 122 valence electrons. The zero-order valence-electron chi connectivity index (χ0n) is 13.6. The number of anilines is 1. The largest absolute Gasteiger partial charge is 0.353 e. The summed E-state index contributed by atoms with van der Waals surface area (Å²) in [7, 11) is 2.17. The zero-order valence-corrected chi connectivity index (χ0v) is 15.2. The first kappa shape index (κ1) is 15.5. The van der Waals surface area contributed by atoms with Gasteiger partial charge in [-0.05, 0) is 25.2 Å². The van der Waals surface area contributed by atoms with E-state index in [0.29, 0.717) is 0 Å². The van der Waals surface area contributed by atoms with E-state index in [9.17, 15) is 0 Å². The average Bonchev–Trinajstić information content (AvgIpc) is 2.62. The van der Waals surface area contributed by atoms with Gasteiger partial charge >= 0.3 is 0 Å². The van der Waals surface area contributed by atoms with Crippen LogP contribution in [-0.4, -0.2) is 48.1 Å². The molecule has 0 atom stereocenters. The van der Waals surface area contributed by atoms with E-state index in [0.717, 1.165) is 58.8 Å². The van der Waals surface area contributed by atoms with E-state index in [4.69, 9.17) is 9.97 Å². The smallest absolute Gasteiger partial charge is 0.162 e. The molecule has 1 aliphatic heterocycles. The second-order valence-corrected chi connectivity index (χ2v) is 7.10. The number of benzene rings is 2. The van der Waals surface area contributed by atoms with Crippen LogP contribution in [0, 0.1) is 0 Å². The van der Waals surface area contributed by atoms with Crippen molar-refractivity contribution in [1.82, 2.24) is 14.9 Å². The van der Waals surface area contributed by atoms with Crippen LogP contribution in [0.15, 0.2) is 53.0 Å². The lowest BCUT2D eigenvalue weighted by Crippen LogP contribution is -2.45. The Kier molecular flexibility index (Phi) is 4.21. The second-order valence-electron chi connectivity index (χ2n) is 6.19. The van der Waals surface area contributed by atoms with Crippen LogP contribution in [0.4, 0.5) is 5.82 Å². The second kappa shape index (κ2) is 6.49. The van der Waals surface area contributed by atoms with Crippen molar-refractivity contribution in [2.75, 3.05) is 38.1 Å². The summed E-state index contributed by atoms with van der Waals surface area (Å²) in [5, 5.41) is 1.11. The Bertz CT molecular complexity index is 858. The third-order valence-corrected chi connectivity index (χ3v) is 4.97. The Morgan fingerprint density at radius 1 is 0.917 bits per heavy atom. The lowest BCUT2D eigenvalue weighted by atomic mass is 10.1. The van der Waals surface area contributed by atoms with Crippen molar-refractivity contribution in [2.24, 2.45) is 0 Å². The molecule has 0 amide bonds. The molecule has 0 spiro atoms. The molecule has 2 aromatic carbocycles. The molecule has 1 aliphatic rings.